The Morgan fingerprint density at radius 3 is 2.80 bits per heavy atom. The van der Waals surface area contributed by atoms with Crippen LogP contribution in [-0.4, -0.2) is 10.9 Å². The number of nitrogens with zero attached hydrogens (tertiary/aromatic N) is 2. The van der Waals surface area contributed by atoms with Crippen molar-refractivity contribution in [3.8, 4) is 17.7 Å². The average molecular weight is 268 g/mol. The molecule has 2 rings (SSSR count). The molecule has 1 amide bonds. The lowest BCUT2D eigenvalue weighted by Gasteiger charge is -2.10. The fraction of sp³-hybridized carbons (Fsp3) is 0.0714. The number of ether oxygens (including phenoxy) is 1. The molecule has 0 fully saturated rings. The Kier molecular flexibility index (Phi) is 3.53. The molecule has 0 saturated carbocycles. The number of aromatic nitrogens is 1. The van der Waals surface area contributed by atoms with Crippen molar-refractivity contribution in [2.24, 2.45) is 5.73 Å². The molecule has 0 bridgehead atoms. The number of aryl methyl sites for hydroxylation is 1. The van der Waals surface area contributed by atoms with Gasteiger partial charge in [-0.15, -0.1) is 0 Å². The summed E-state index contributed by atoms with van der Waals surface area (Å²) in [6, 6.07) is 8.40. The highest BCUT2D eigenvalue weighted by Gasteiger charge is 2.14. The molecule has 6 nitrogen and oxygen atoms in total. The summed E-state index contributed by atoms with van der Waals surface area (Å²) in [4.78, 5) is 15.3. The lowest BCUT2D eigenvalue weighted by Crippen LogP contribution is -2.13. The van der Waals surface area contributed by atoms with Gasteiger partial charge in [-0.1, -0.05) is 6.07 Å². The van der Waals surface area contributed by atoms with E-state index in [-0.39, 0.29) is 11.4 Å². The highest BCUT2D eigenvalue weighted by molar-refractivity contribution is 5.95. The Balaban J connectivity index is 2.45. The van der Waals surface area contributed by atoms with Crippen LogP contribution in [0.1, 0.15) is 21.5 Å². The molecule has 1 aromatic heterocycles. The van der Waals surface area contributed by atoms with Gasteiger partial charge in [0.15, 0.2) is 0 Å². The van der Waals surface area contributed by atoms with Crippen molar-refractivity contribution in [2.45, 2.75) is 6.92 Å². The van der Waals surface area contributed by atoms with Crippen molar-refractivity contribution < 1.29 is 9.53 Å². The van der Waals surface area contributed by atoms with Crippen molar-refractivity contribution >= 4 is 11.6 Å². The number of carbonyl (C=O) groups is 1. The molecule has 0 radical (unpaired) electrons. The molecule has 0 spiro atoms. The summed E-state index contributed by atoms with van der Waals surface area (Å²) in [6.45, 7) is 1.82. The smallest absolute Gasteiger partial charge is 0.254 e. The Hall–Kier alpha value is -3.07. The van der Waals surface area contributed by atoms with Crippen molar-refractivity contribution in [3.63, 3.8) is 0 Å². The molecule has 2 aromatic rings. The average Bonchev–Trinajstić information content (AvgIpc) is 2.42. The van der Waals surface area contributed by atoms with Crippen LogP contribution in [0.3, 0.4) is 0 Å². The number of amides is 1. The first-order valence-electron chi connectivity index (χ1n) is 5.75. The van der Waals surface area contributed by atoms with E-state index in [2.05, 4.69) is 4.98 Å². The van der Waals surface area contributed by atoms with Crippen molar-refractivity contribution in [2.75, 3.05) is 5.73 Å². The minimum absolute atomic E-state index is 0.0601. The third-order valence-electron chi connectivity index (χ3n) is 2.66. The number of pyridine rings is 1. The summed E-state index contributed by atoms with van der Waals surface area (Å²) in [5.41, 5.74) is 12.5. The van der Waals surface area contributed by atoms with Gasteiger partial charge in [-0.05, 0) is 30.7 Å². The van der Waals surface area contributed by atoms with Crippen LogP contribution >= 0.6 is 0 Å². The van der Waals surface area contributed by atoms with E-state index >= 15 is 0 Å². The zero-order valence-corrected chi connectivity index (χ0v) is 10.8. The third kappa shape index (κ3) is 2.67. The predicted molar refractivity (Wildman–Crippen MR) is 73.1 cm³/mol. The number of anilines is 1. The van der Waals surface area contributed by atoms with Crippen LogP contribution in [0.2, 0.25) is 0 Å². The lowest BCUT2D eigenvalue weighted by molar-refractivity contribution is 0.0997. The largest absolute Gasteiger partial charge is 0.438 e. The van der Waals surface area contributed by atoms with Gasteiger partial charge in [0.1, 0.15) is 11.3 Å². The Morgan fingerprint density at radius 1 is 1.40 bits per heavy atom. The molecule has 6 heteroatoms. The van der Waals surface area contributed by atoms with Gasteiger partial charge in [-0.25, -0.2) is 4.98 Å². The van der Waals surface area contributed by atoms with Crippen LogP contribution in [0, 0.1) is 18.3 Å². The van der Waals surface area contributed by atoms with Crippen molar-refractivity contribution in [1.29, 1.82) is 5.26 Å². The van der Waals surface area contributed by atoms with Crippen LogP contribution < -0.4 is 16.2 Å². The second-order valence-corrected chi connectivity index (χ2v) is 4.18. The molecular weight excluding hydrogens is 256 g/mol. The second kappa shape index (κ2) is 5.28. The number of hydrogen-bond acceptors (Lipinski definition) is 5. The van der Waals surface area contributed by atoms with E-state index in [4.69, 9.17) is 21.5 Å². The van der Waals surface area contributed by atoms with Gasteiger partial charge in [-0.3, -0.25) is 4.79 Å². The Morgan fingerprint density at radius 2 is 2.15 bits per heavy atom. The number of rotatable bonds is 3. The summed E-state index contributed by atoms with van der Waals surface area (Å²) in [5.74, 6) is -0.192. The standard InChI is InChI=1S/C14H12N4O2/c1-8-2-3-9(6-15)4-12(8)20-14-11(13(17)19)5-10(16)7-18-14/h2-5,7H,16H2,1H3,(H2,17,19). The highest BCUT2D eigenvalue weighted by atomic mass is 16.5. The van der Waals surface area contributed by atoms with E-state index in [1.54, 1.807) is 18.2 Å². The zero-order valence-electron chi connectivity index (χ0n) is 10.8. The summed E-state index contributed by atoms with van der Waals surface area (Å²) in [6.07, 6.45) is 1.37. The van der Waals surface area contributed by atoms with Gasteiger partial charge in [-0.2, -0.15) is 5.26 Å². The van der Waals surface area contributed by atoms with Crippen LogP contribution in [0.15, 0.2) is 30.5 Å². The van der Waals surface area contributed by atoms with Crippen LogP contribution in [-0.2, 0) is 0 Å². The van der Waals surface area contributed by atoms with E-state index in [0.717, 1.165) is 5.56 Å². The predicted octanol–water partition coefficient (Wildman–Crippen LogP) is 1.74. The molecule has 20 heavy (non-hydrogen) atoms. The normalized spacial score (nSPS) is 9.80. The summed E-state index contributed by atoms with van der Waals surface area (Å²) < 4.78 is 5.58. The number of hydrogen-bond donors (Lipinski definition) is 2. The van der Waals surface area contributed by atoms with Gasteiger partial charge in [0, 0.05) is 0 Å². The minimum Gasteiger partial charge on any atom is -0.438 e. The first-order valence-corrected chi connectivity index (χ1v) is 5.75. The Labute approximate surface area is 115 Å². The molecule has 0 atom stereocenters. The number of carbonyl (C=O) groups excluding carboxylic acids is 1. The molecule has 0 aliphatic heterocycles. The van der Waals surface area contributed by atoms with Crippen LogP contribution in [0.4, 0.5) is 5.69 Å². The maximum atomic E-state index is 11.4. The maximum absolute atomic E-state index is 11.4. The Bertz CT molecular complexity index is 720. The van der Waals surface area contributed by atoms with E-state index in [1.807, 2.05) is 13.0 Å². The first-order chi connectivity index (χ1) is 9.51. The fourth-order valence-electron chi connectivity index (χ4n) is 1.61. The van der Waals surface area contributed by atoms with Gasteiger partial charge in [0.25, 0.3) is 5.91 Å². The monoisotopic (exact) mass is 268 g/mol. The van der Waals surface area contributed by atoms with E-state index in [1.165, 1.54) is 12.3 Å². The molecule has 4 N–H and O–H groups in total. The SMILES string of the molecule is Cc1ccc(C#N)cc1Oc1ncc(N)cc1C(N)=O. The molecule has 1 heterocycles. The molecule has 0 saturated heterocycles. The quantitative estimate of drug-likeness (QED) is 0.879. The number of nitrogens with two attached hydrogens (primary N) is 2. The number of benzene rings is 1. The van der Waals surface area contributed by atoms with Crippen molar-refractivity contribution in [3.05, 3.63) is 47.2 Å². The van der Waals surface area contributed by atoms with Crippen LogP contribution in [0.5, 0.6) is 11.6 Å². The minimum atomic E-state index is -0.686. The van der Waals surface area contributed by atoms with Crippen molar-refractivity contribution in [1.82, 2.24) is 4.98 Å². The fourth-order valence-corrected chi connectivity index (χ4v) is 1.61. The lowest BCUT2D eigenvalue weighted by atomic mass is 10.1. The van der Waals surface area contributed by atoms with Gasteiger partial charge in [0.05, 0.1) is 23.5 Å². The van der Waals surface area contributed by atoms with Gasteiger partial charge in [0.2, 0.25) is 5.88 Å². The van der Waals surface area contributed by atoms with Gasteiger partial charge >= 0.3 is 0 Å². The molecule has 1 aromatic carbocycles. The molecule has 0 unspecified atom stereocenters. The summed E-state index contributed by atoms with van der Waals surface area (Å²) in [7, 11) is 0. The van der Waals surface area contributed by atoms with E-state index in [0.29, 0.717) is 17.0 Å². The molecular formula is C14H12N4O2. The maximum Gasteiger partial charge on any atom is 0.254 e. The first kappa shape index (κ1) is 13.4. The number of nitriles is 1. The zero-order chi connectivity index (χ0) is 14.7. The highest BCUT2D eigenvalue weighted by Crippen LogP contribution is 2.27. The third-order valence-corrected chi connectivity index (χ3v) is 2.66. The van der Waals surface area contributed by atoms with Crippen LogP contribution in [0.25, 0.3) is 0 Å². The van der Waals surface area contributed by atoms with E-state index < -0.39 is 5.91 Å². The van der Waals surface area contributed by atoms with Gasteiger partial charge < -0.3 is 16.2 Å². The number of primary amides is 1. The number of nitrogen functional groups attached to an aromatic ring is 1. The summed E-state index contributed by atoms with van der Waals surface area (Å²) >= 11 is 0. The second-order valence-electron chi connectivity index (χ2n) is 4.18. The molecule has 100 valence electrons. The molecule has 0 aliphatic carbocycles. The van der Waals surface area contributed by atoms with E-state index in [9.17, 15) is 4.79 Å². The summed E-state index contributed by atoms with van der Waals surface area (Å²) in [5, 5.41) is 8.89. The topological polar surface area (TPSA) is 115 Å². The molecule has 0 aliphatic rings.